The average Bonchev–Trinajstić information content (AvgIpc) is 3.66. The fraction of sp³-hybridized carbons (Fsp3) is 0. The van der Waals surface area contributed by atoms with Gasteiger partial charge in [0, 0.05) is 62.0 Å². The van der Waals surface area contributed by atoms with Crippen molar-refractivity contribution in [2.75, 3.05) is 0 Å². The van der Waals surface area contributed by atoms with Gasteiger partial charge in [0.2, 0.25) is 0 Å². The van der Waals surface area contributed by atoms with Crippen molar-refractivity contribution in [1.82, 2.24) is 52.6 Å². The smallest absolute Gasteiger partial charge is 0.253 e. The van der Waals surface area contributed by atoms with Crippen LogP contribution >= 0.6 is 22.6 Å². The zero-order valence-electron chi connectivity index (χ0n) is 16.3. The molecule has 0 aliphatic carbocycles. The molecule has 1 N–H and O–H groups in total. The Morgan fingerprint density at radius 1 is 0.531 bits per heavy atom. The number of hydrogen-bond donors (Lipinski definition) is 1. The Balaban J connectivity index is 1.81. The van der Waals surface area contributed by atoms with Crippen molar-refractivity contribution >= 4 is 22.6 Å². The molecular formula is C15H16N13OP3. The Labute approximate surface area is 181 Å². The van der Waals surface area contributed by atoms with E-state index in [2.05, 4.69) is 30.4 Å². The van der Waals surface area contributed by atoms with Crippen LogP contribution in [-0.2, 0) is 4.57 Å². The lowest BCUT2D eigenvalue weighted by atomic mass is 10.8. The van der Waals surface area contributed by atoms with E-state index in [0.29, 0.717) is 0 Å². The Hall–Kier alpha value is -3.30. The first-order chi connectivity index (χ1) is 15.6. The van der Waals surface area contributed by atoms with Crippen molar-refractivity contribution < 1.29 is 4.57 Å². The molecular weight excluding hydrogens is 471 g/mol. The summed E-state index contributed by atoms with van der Waals surface area (Å²) in [5.74, 6) is 0. The fourth-order valence-corrected chi connectivity index (χ4v) is 14.9. The third-order valence-corrected chi connectivity index (χ3v) is 14.6. The van der Waals surface area contributed by atoms with E-state index in [0.717, 1.165) is 0 Å². The van der Waals surface area contributed by atoms with Gasteiger partial charge in [-0.2, -0.15) is 48.2 Å². The van der Waals surface area contributed by atoms with Gasteiger partial charge >= 0.3 is 15.1 Å². The monoisotopic (exact) mass is 487 g/mol. The van der Waals surface area contributed by atoms with Gasteiger partial charge in [0.05, 0.1) is 0 Å². The quantitative estimate of drug-likeness (QED) is 0.375. The first-order valence-electron chi connectivity index (χ1n) is 9.35. The van der Waals surface area contributed by atoms with Crippen LogP contribution in [0.15, 0.2) is 101 Å². The normalized spacial score (nSPS) is 21.6. The summed E-state index contributed by atoms with van der Waals surface area (Å²) >= 11 is 0. The SMILES string of the molecule is O=P1(n2cccn2)N=P(n2cccn2)(n2cccn2)N=P(n2cccn2)(n2cccn2)N1. The minimum atomic E-state index is -3.78. The molecule has 6 heterocycles. The van der Waals surface area contributed by atoms with E-state index in [9.17, 15) is 4.57 Å². The second-order valence-corrected chi connectivity index (χ2v) is 14.1. The zero-order chi connectivity index (χ0) is 21.7. The molecule has 1 aliphatic rings. The summed E-state index contributed by atoms with van der Waals surface area (Å²) in [6.45, 7) is 0. The van der Waals surface area contributed by atoms with E-state index in [4.69, 9.17) is 9.03 Å². The summed E-state index contributed by atoms with van der Waals surface area (Å²) < 4.78 is 32.5. The van der Waals surface area contributed by atoms with E-state index in [-0.39, 0.29) is 0 Å². The molecule has 5 aromatic rings. The molecule has 0 amide bonds. The third-order valence-electron chi connectivity index (χ3n) is 4.60. The predicted molar refractivity (Wildman–Crippen MR) is 118 cm³/mol. The van der Waals surface area contributed by atoms with E-state index in [1.54, 1.807) is 110 Å². The highest BCUT2D eigenvalue weighted by Crippen LogP contribution is 2.75. The number of aromatic nitrogens is 10. The maximum atomic E-state index is 14.6. The van der Waals surface area contributed by atoms with E-state index in [1.165, 1.54) is 4.45 Å². The van der Waals surface area contributed by atoms with Crippen LogP contribution in [0.2, 0.25) is 0 Å². The highest BCUT2D eigenvalue weighted by molar-refractivity contribution is 7.85. The minimum Gasteiger partial charge on any atom is -0.253 e. The molecule has 5 aromatic heterocycles. The standard InChI is InChI=1S/C15H16N13OP3/c29-32(28-15-5-10-20-28)22-30(24-11-1-6-16-24,25-12-2-7-17-25)21-31(23-32,26-13-3-8-18-26)27-14-4-9-19-27/h1-15H,(H,22,29). The Bertz CT molecular complexity index is 1410. The average molecular weight is 487 g/mol. The molecule has 6 rings (SSSR count). The highest BCUT2D eigenvalue weighted by Gasteiger charge is 2.47. The van der Waals surface area contributed by atoms with Gasteiger partial charge in [-0.15, -0.1) is 4.52 Å². The Kier molecular flexibility index (Phi) is 4.31. The molecule has 0 spiro atoms. The van der Waals surface area contributed by atoms with Crippen molar-refractivity contribution in [1.29, 1.82) is 0 Å². The lowest BCUT2D eigenvalue weighted by Crippen LogP contribution is -2.26. The molecule has 0 saturated carbocycles. The topological polar surface area (TPSA) is 143 Å². The number of nitrogens with one attached hydrogen (secondary N) is 1. The second-order valence-electron chi connectivity index (χ2n) is 6.56. The van der Waals surface area contributed by atoms with Crippen molar-refractivity contribution in [3.8, 4) is 0 Å². The van der Waals surface area contributed by atoms with Gasteiger partial charge in [0.1, 0.15) is 0 Å². The van der Waals surface area contributed by atoms with Gasteiger partial charge in [0.15, 0.2) is 0 Å². The molecule has 0 aromatic carbocycles. The molecule has 0 radical (unpaired) electrons. The molecule has 1 aliphatic heterocycles. The molecule has 162 valence electrons. The summed E-state index contributed by atoms with van der Waals surface area (Å²) in [7, 11) is -10.2. The molecule has 0 fully saturated rings. The van der Waals surface area contributed by atoms with Crippen molar-refractivity contribution in [3.63, 3.8) is 0 Å². The van der Waals surface area contributed by atoms with Crippen molar-refractivity contribution in [3.05, 3.63) is 92.3 Å². The highest BCUT2D eigenvalue weighted by atomic mass is 31.3. The molecule has 1 atom stereocenters. The van der Waals surface area contributed by atoms with Crippen LogP contribution in [0.4, 0.5) is 0 Å². The first-order valence-corrected chi connectivity index (χ1v) is 14.2. The van der Waals surface area contributed by atoms with Gasteiger partial charge in [-0.25, -0.2) is 8.90 Å². The first kappa shape index (κ1) is 19.4. The summed E-state index contributed by atoms with van der Waals surface area (Å²) in [6.07, 6.45) is 16.7. The van der Waals surface area contributed by atoms with Crippen molar-refractivity contribution in [2.45, 2.75) is 0 Å². The van der Waals surface area contributed by atoms with Crippen LogP contribution in [0.3, 0.4) is 0 Å². The fourth-order valence-electron chi connectivity index (χ4n) is 3.29. The molecule has 1 unspecified atom stereocenters. The van der Waals surface area contributed by atoms with Crippen LogP contribution in [-0.4, -0.2) is 47.8 Å². The minimum absolute atomic E-state index is 1.32. The molecule has 32 heavy (non-hydrogen) atoms. The van der Waals surface area contributed by atoms with Gasteiger partial charge in [-0.05, 0) is 30.3 Å². The van der Waals surface area contributed by atoms with E-state index in [1.807, 2.05) is 0 Å². The summed E-state index contributed by atoms with van der Waals surface area (Å²) in [5, 5.41) is 22.0. The van der Waals surface area contributed by atoms with Crippen LogP contribution in [0.25, 0.3) is 0 Å². The second kappa shape index (κ2) is 7.11. The van der Waals surface area contributed by atoms with Gasteiger partial charge in [-0.3, -0.25) is 4.57 Å². The predicted octanol–water partition coefficient (Wildman–Crippen LogP) is 3.31. The lowest BCUT2D eigenvalue weighted by molar-refractivity contribution is 0.560. The third kappa shape index (κ3) is 2.78. The maximum absolute atomic E-state index is 14.6. The van der Waals surface area contributed by atoms with Crippen LogP contribution in [0.5, 0.6) is 0 Å². The Morgan fingerprint density at radius 2 is 0.938 bits per heavy atom. The summed E-state index contributed by atoms with van der Waals surface area (Å²) in [4.78, 5) is 3.21. The summed E-state index contributed by atoms with van der Waals surface area (Å²) in [6, 6.07) is 8.76. The number of nitrogens with zero attached hydrogens (tertiary/aromatic N) is 12. The van der Waals surface area contributed by atoms with Gasteiger partial charge in [-0.1, -0.05) is 0 Å². The molecule has 14 nitrogen and oxygen atoms in total. The lowest BCUT2D eigenvalue weighted by Gasteiger charge is -2.36. The molecule has 0 saturated heterocycles. The van der Waals surface area contributed by atoms with E-state index < -0.39 is 22.6 Å². The summed E-state index contributed by atoms with van der Waals surface area (Å²) in [5.41, 5.74) is 0. The van der Waals surface area contributed by atoms with Gasteiger partial charge < -0.3 is 0 Å². The van der Waals surface area contributed by atoms with Crippen LogP contribution < -0.4 is 4.86 Å². The van der Waals surface area contributed by atoms with Crippen LogP contribution in [0, 0.1) is 0 Å². The largest absolute Gasteiger partial charge is 0.381 e. The molecule has 17 heteroatoms. The zero-order valence-corrected chi connectivity index (χ0v) is 19.0. The van der Waals surface area contributed by atoms with Crippen LogP contribution in [0.1, 0.15) is 0 Å². The Morgan fingerprint density at radius 3 is 1.34 bits per heavy atom. The van der Waals surface area contributed by atoms with E-state index >= 15 is 0 Å². The van der Waals surface area contributed by atoms with Gasteiger partial charge in [0.25, 0.3) is 7.51 Å². The number of hydrogen-bond acceptors (Lipinski definition) is 7. The van der Waals surface area contributed by atoms with Crippen molar-refractivity contribution in [2.24, 2.45) is 9.03 Å². The maximum Gasteiger partial charge on any atom is 0.381 e. The molecule has 0 bridgehead atoms. The number of rotatable bonds is 5.